The maximum absolute atomic E-state index is 12.2. The summed E-state index contributed by atoms with van der Waals surface area (Å²) in [5, 5.41) is 4.23. The smallest absolute Gasteiger partial charge is 0.257 e. The molecule has 0 aliphatic carbocycles. The molecule has 1 aliphatic heterocycles. The van der Waals surface area contributed by atoms with Gasteiger partial charge < -0.3 is 10.3 Å². The third-order valence-corrected chi connectivity index (χ3v) is 4.58. The first-order valence-corrected chi connectivity index (χ1v) is 8.22. The van der Waals surface area contributed by atoms with Crippen molar-refractivity contribution < 1.29 is 4.52 Å². The summed E-state index contributed by atoms with van der Waals surface area (Å²) in [6.07, 6.45) is 0.703. The second-order valence-electron chi connectivity index (χ2n) is 6.27. The number of anilines is 1. The van der Waals surface area contributed by atoms with Gasteiger partial charge in [-0.15, -0.1) is 0 Å². The van der Waals surface area contributed by atoms with Crippen molar-refractivity contribution in [2.24, 2.45) is 0 Å². The van der Waals surface area contributed by atoms with Crippen LogP contribution < -0.4 is 11.3 Å². The van der Waals surface area contributed by atoms with E-state index in [1.807, 2.05) is 37.3 Å². The summed E-state index contributed by atoms with van der Waals surface area (Å²) in [5.74, 6) is 0.979. The molecule has 25 heavy (non-hydrogen) atoms. The standard InChI is InChI=1S/C18H19N5O2/c1-11-13(16(22-25-11)12-5-3-2-4-6-12)9-23-8-7-15-14(10-23)17(24)21-18(19)20-15/h2-6H,7-10H2,1H3,(H3,19,20,21,24). The number of hydrogen-bond donors (Lipinski definition) is 2. The number of nitrogens with zero attached hydrogens (tertiary/aromatic N) is 3. The average Bonchev–Trinajstić information content (AvgIpc) is 2.97. The van der Waals surface area contributed by atoms with Gasteiger partial charge in [0.15, 0.2) is 0 Å². The van der Waals surface area contributed by atoms with E-state index in [0.29, 0.717) is 25.1 Å². The monoisotopic (exact) mass is 337 g/mol. The van der Waals surface area contributed by atoms with Gasteiger partial charge in [0.2, 0.25) is 5.95 Å². The lowest BCUT2D eigenvalue weighted by molar-refractivity contribution is 0.240. The van der Waals surface area contributed by atoms with Gasteiger partial charge >= 0.3 is 0 Å². The highest BCUT2D eigenvalue weighted by Gasteiger charge is 2.24. The first-order chi connectivity index (χ1) is 12.1. The zero-order valence-corrected chi connectivity index (χ0v) is 14.0. The number of aryl methyl sites for hydroxylation is 1. The summed E-state index contributed by atoms with van der Waals surface area (Å²) in [6, 6.07) is 9.97. The molecule has 7 heteroatoms. The van der Waals surface area contributed by atoms with Crippen LogP contribution in [0.4, 0.5) is 5.95 Å². The molecule has 0 saturated heterocycles. The number of aromatic amines is 1. The fourth-order valence-electron chi connectivity index (χ4n) is 3.26. The van der Waals surface area contributed by atoms with E-state index in [4.69, 9.17) is 10.3 Å². The van der Waals surface area contributed by atoms with E-state index >= 15 is 0 Å². The lowest BCUT2D eigenvalue weighted by Crippen LogP contribution is -2.35. The van der Waals surface area contributed by atoms with Gasteiger partial charge in [0, 0.05) is 37.2 Å². The largest absolute Gasteiger partial charge is 0.369 e. The van der Waals surface area contributed by atoms with E-state index in [2.05, 4.69) is 20.0 Å². The van der Waals surface area contributed by atoms with Crippen molar-refractivity contribution in [2.75, 3.05) is 12.3 Å². The molecule has 0 atom stereocenters. The van der Waals surface area contributed by atoms with E-state index in [1.54, 1.807) is 0 Å². The maximum atomic E-state index is 12.2. The fourth-order valence-corrected chi connectivity index (χ4v) is 3.26. The van der Waals surface area contributed by atoms with Crippen LogP contribution in [0.2, 0.25) is 0 Å². The predicted octanol–water partition coefficient (Wildman–Crippen LogP) is 1.87. The predicted molar refractivity (Wildman–Crippen MR) is 93.8 cm³/mol. The number of rotatable bonds is 3. The number of nitrogens with two attached hydrogens (primary N) is 1. The Labute approximate surface area is 144 Å². The SMILES string of the molecule is Cc1onc(-c2ccccc2)c1CN1CCc2nc(N)[nH]c(=O)c2C1. The number of H-pyrrole nitrogens is 1. The minimum absolute atomic E-state index is 0.155. The molecule has 0 amide bonds. The van der Waals surface area contributed by atoms with Gasteiger partial charge in [0.1, 0.15) is 11.5 Å². The van der Waals surface area contributed by atoms with Crippen molar-refractivity contribution in [1.29, 1.82) is 0 Å². The van der Waals surface area contributed by atoms with Crippen LogP contribution in [0.5, 0.6) is 0 Å². The minimum atomic E-state index is -0.155. The Morgan fingerprint density at radius 3 is 2.92 bits per heavy atom. The first-order valence-electron chi connectivity index (χ1n) is 8.22. The van der Waals surface area contributed by atoms with Crippen LogP contribution in [0.15, 0.2) is 39.6 Å². The summed E-state index contributed by atoms with van der Waals surface area (Å²) >= 11 is 0. The molecule has 3 N–H and O–H groups in total. The Bertz CT molecular complexity index is 961. The maximum Gasteiger partial charge on any atom is 0.257 e. The molecule has 2 aromatic heterocycles. The minimum Gasteiger partial charge on any atom is -0.369 e. The topological polar surface area (TPSA) is 101 Å². The Balaban J connectivity index is 1.62. The van der Waals surface area contributed by atoms with E-state index in [0.717, 1.165) is 34.8 Å². The van der Waals surface area contributed by atoms with E-state index in [-0.39, 0.29) is 11.5 Å². The molecule has 1 aliphatic rings. The second kappa shape index (κ2) is 6.18. The van der Waals surface area contributed by atoms with Gasteiger partial charge in [-0.2, -0.15) is 0 Å². The molecule has 0 fully saturated rings. The van der Waals surface area contributed by atoms with Crippen LogP contribution in [-0.4, -0.2) is 26.6 Å². The van der Waals surface area contributed by atoms with Crippen molar-refractivity contribution in [2.45, 2.75) is 26.4 Å². The van der Waals surface area contributed by atoms with Crippen molar-refractivity contribution in [3.8, 4) is 11.3 Å². The van der Waals surface area contributed by atoms with Gasteiger partial charge in [-0.05, 0) is 6.92 Å². The second-order valence-corrected chi connectivity index (χ2v) is 6.27. The summed E-state index contributed by atoms with van der Waals surface area (Å²) in [4.78, 5) is 21.2. The van der Waals surface area contributed by atoms with Crippen LogP contribution in [0.3, 0.4) is 0 Å². The van der Waals surface area contributed by atoms with Crippen LogP contribution in [0.25, 0.3) is 11.3 Å². The van der Waals surface area contributed by atoms with Crippen LogP contribution in [0.1, 0.15) is 22.6 Å². The Kier molecular flexibility index (Phi) is 3.85. The van der Waals surface area contributed by atoms with Crippen molar-refractivity contribution in [1.82, 2.24) is 20.0 Å². The van der Waals surface area contributed by atoms with Crippen LogP contribution in [0, 0.1) is 6.92 Å². The number of benzene rings is 1. The molecular formula is C18H19N5O2. The van der Waals surface area contributed by atoms with Crippen molar-refractivity contribution in [3.63, 3.8) is 0 Å². The zero-order valence-electron chi connectivity index (χ0n) is 14.0. The number of fused-ring (bicyclic) bond motifs is 1. The highest BCUT2D eigenvalue weighted by atomic mass is 16.5. The fraction of sp³-hybridized carbons (Fsp3) is 0.278. The summed E-state index contributed by atoms with van der Waals surface area (Å²) in [7, 11) is 0. The number of nitrogen functional groups attached to an aromatic ring is 1. The molecule has 3 aromatic rings. The highest BCUT2D eigenvalue weighted by molar-refractivity contribution is 5.63. The lowest BCUT2D eigenvalue weighted by atomic mass is 10.0. The summed E-state index contributed by atoms with van der Waals surface area (Å²) in [5.41, 5.74) is 9.89. The Hall–Kier alpha value is -2.93. The first kappa shape index (κ1) is 15.6. The Morgan fingerprint density at radius 2 is 2.12 bits per heavy atom. The third kappa shape index (κ3) is 2.94. The lowest BCUT2D eigenvalue weighted by Gasteiger charge is -2.27. The molecule has 1 aromatic carbocycles. The normalized spacial score (nSPS) is 14.4. The number of nitrogens with one attached hydrogen (secondary N) is 1. The Morgan fingerprint density at radius 1 is 1.32 bits per heavy atom. The van der Waals surface area contributed by atoms with Crippen LogP contribution in [-0.2, 0) is 19.5 Å². The molecule has 4 rings (SSSR count). The summed E-state index contributed by atoms with van der Waals surface area (Å²) in [6.45, 7) is 3.93. The zero-order chi connectivity index (χ0) is 17.4. The number of aromatic nitrogens is 3. The molecule has 0 spiro atoms. The molecular weight excluding hydrogens is 318 g/mol. The van der Waals surface area contributed by atoms with Crippen molar-refractivity contribution >= 4 is 5.95 Å². The van der Waals surface area contributed by atoms with Crippen molar-refractivity contribution in [3.05, 3.63) is 63.3 Å². The van der Waals surface area contributed by atoms with Crippen LogP contribution >= 0.6 is 0 Å². The van der Waals surface area contributed by atoms with Gasteiger partial charge in [-0.1, -0.05) is 35.5 Å². The molecule has 0 unspecified atom stereocenters. The molecule has 0 radical (unpaired) electrons. The van der Waals surface area contributed by atoms with E-state index < -0.39 is 0 Å². The molecule has 0 bridgehead atoms. The third-order valence-electron chi connectivity index (χ3n) is 4.58. The molecule has 128 valence electrons. The van der Waals surface area contributed by atoms with Gasteiger partial charge in [-0.3, -0.25) is 14.7 Å². The molecule has 7 nitrogen and oxygen atoms in total. The number of hydrogen-bond acceptors (Lipinski definition) is 6. The van der Waals surface area contributed by atoms with Gasteiger partial charge in [0.25, 0.3) is 5.56 Å². The summed E-state index contributed by atoms with van der Waals surface area (Å²) < 4.78 is 5.43. The van der Waals surface area contributed by atoms with E-state index in [1.165, 1.54) is 0 Å². The quantitative estimate of drug-likeness (QED) is 0.757. The van der Waals surface area contributed by atoms with Gasteiger partial charge in [0.05, 0.1) is 11.3 Å². The molecule has 0 saturated carbocycles. The van der Waals surface area contributed by atoms with E-state index in [9.17, 15) is 4.79 Å². The highest BCUT2D eigenvalue weighted by Crippen LogP contribution is 2.27. The average molecular weight is 337 g/mol. The van der Waals surface area contributed by atoms with Gasteiger partial charge in [-0.25, -0.2) is 4.98 Å². The molecule has 3 heterocycles.